The highest BCUT2D eigenvalue weighted by Gasteiger charge is 2.38. The van der Waals surface area contributed by atoms with E-state index < -0.39 is 0 Å². The van der Waals surface area contributed by atoms with Gasteiger partial charge in [-0.25, -0.2) is 0 Å². The second-order valence-electron chi connectivity index (χ2n) is 8.28. The van der Waals surface area contributed by atoms with Crippen molar-refractivity contribution in [3.05, 3.63) is 0 Å². The predicted molar refractivity (Wildman–Crippen MR) is 99.9 cm³/mol. The fourth-order valence-corrected chi connectivity index (χ4v) is 4.62. The van der Waals surface area contributed by atoms with Crippen LogP contribution in [0.2, 0.25) is 0 Å². The number of piperidine rings is 1. The van der Waals surface area contributed by atoms with Crippen LogP contribution in [0.1, 0.15) is 46.5 Å². The number of likely N-dealkylation sites (tertiary alicyclic amines) is 1. The maximum atomic E-state index is 12.9. The highest BCUT2D eigenvalue weighted by atomic mass is 32.2. The molecule has 2 heterocycles. The second-order valence-corrected chi connectivity index (χ2v) is 9.28. The molecule has 0 aliphatic carbocycles. The molecular weight excluding hydrogens is 322 g/mol. The molecule has 2 fully saturated rings. The number of carbonyl (C=O) groups excluding carboxylic acids is 2. The highest BCUT2D eigenvalue weighted by Crippen LogP contribution is 2.29. The highest BCUT2D eigenvalue weighted by molar-refractivity contribution is 7.99. The van der Waals surface area contributed by atoms with E-state index in [-0.39, 0.29) is 23.3 Å². The van der Waals surface area contributed by atoms with Gasteiger partial charge >= 0.3 is 0 Å². The lowest BCUT2D eigenvalue weighted by Gasteiger charge is -2.35. The topological polar surface area (TPSA) is 52.7 Å². The van der Waals surface area contributed by atoms with Crippen molar-refractivity contribution >= 4 is 23.6 Å². The Kier molecular flexibility index (Phi) is 6.99. The van der Waals surface area contributed by atoms with Crippen LogP contribution in [-0.2, 0) is 9.59 Å². The number of hydrogen-bond donors (Lipinski definition) is 1. The van der Waals surface area contributed by atoms with Crippen molar-refractivity contribution in [2.24, 2.45) is 11.3 Å². The minimum Gasteiger partial charge on any atom is -0.341 e. The minimum absolute atomic E-state index is 0.0381. The molecule has 2 saturated heterocycles. The Balaban J connectivity index is 1.88. The molecule has 0 aromatic carbocycles. The van der Waals surface area contributed by atoms with Gasteiger partial charge in [0.2, 0.25) is 11.8 Å². The van der Waals surface area contributed by atoms with E-state index in [1.165, 1.54) is 6.42 Å². The van der Waals surface area contributed by atoms with E-state index >= 15 is 0 Å². The summed E-state index contributed by atoms with van der Waals surface area (Å²) in [6.45, 7) is 8.95. The van der Waals surface area contributed by atoms with Gasteiger partial charge in [0.05, 0.1) is 5.88 Å². The SMILES string of the molecule is CNCCC1CCN(C(=O)C2CSCN2C(=O)CC(C)(C)C)CC1. The van der Waals surface area contributed by atoms with Gasteiger partial charge in [-0.2, -0.15) is 0 Å². The standard InChI is InChI=1S/C18H33N3O2S/c1-18(2,3)11-16(22)21-13-24-12-15(21)17(23)20-9-6-14(7-10-20)5-8-19-4/h14-15,19H,5-13H2,1-4H3. The number of rotatable bonds is 5. The number of nitrogens with one attached hydrogen (secondary N) is 1. The second kappa shape index (κ2) is 8.56. The van der Waals surface area contributed by atoms with Crippen LogP contribution in [0, 0.1) is 11.3 Å². The monoisotopic (exact) mass is 355 g/mol. The number of thioether (sulfide) groups is 1. The maximum Gasteiger partial charge on any atom is 0.246 e. The minimum atomic E-state index is -0.251. The van der Waals surface area contributed by atoms with E-state index in [4.69, 9.17) is 0 Å². The summed E-state index contributed by atoms with van der Waals surface area (Å²) in [5.74, 6) is 2.40. The lowest BCUT2D eigenvalue weighted by molar-refractivity contribution is -0.145. The largest absolute Gasteiger partial charge is 0.341 e. The Labute approximate surface area is 150 Å². The van der Waals surface area contributed by atoms with Gasteiger partial charge in [0.1, 0.15) is 6.04 Å². The normalized spacial score (nSPS) is 22.9. The van der Waals surface area contributed by atoms with Crippen molar-refractivity contribution < 1.29 is 9.59 Å². The Bertz CT molecular complexity index is 442. The van der Waals surface area contributed by atoms with E-state index in [0.29, 0.717) is 12.3 Å². The van der Waals surface area contributed by atoms with Crippen LogP contribution < -0.4 is 5.32 Å². The molecule has 6 heteroatoms. The first-order chi connectivity index (χ1) is 11.3. The van der Waals surface area contributed by atoms with E-state index in [1.807, 2.05) is 16.8 Å². The zero-order chi connectivity index (χ0) is 17.7. The smallest absolute Gasteiger partial charge is 0.246 e. The average Bonchev–Trinajstić information content (AvgIpc) is 3.01. The number of hydrogen-bond acceptors (Lipinski definition) is 4. The molecule has 1 unspecified atom stereocenters. The number of nitrogens with zero attached hydrogens (tertiary/aromatic N) is 2. The van der Waals surface area contributed by atoms with Gasteiger partial charge in [-0.1, -0.05) is 20.8 Å². The van der Waals surface area contributed by atoms with E-state index in [0.717, 1.165) is 44.1 Å². The van der Waals surface area contributed by atoms with Crippen LogP contribution >= 0.6 is 11.8 Å². The molecule has 2 aliphatic rings. The third-order valence-corrected chi connectivity index (χ3v) is 5.91. The van der Waals surface area contributed by atoms with Crippen molar-refractivity contribution in [3.63, 3.8) is 0 Å². The summed E-state index contributed by atoms with van der Waals surface area (Å²) in [6, 6.07) is -0.251. The zero-order valence-electron chi connectivity index (χ0n) is 15.6. The first-order valence-corrected chi connectivity index (χ1v) is 10.3. The van der Waals surface area contributed by atoms with E-state index in [2.05, 4.69) is 26.1 Å². The molecule has 2 amide bonds. The van der Waals surface area contributed by atoms with Gasteiger partial charge in [0.15, 0.2) is 0 Å². The van der Waals surface area contributed by atoms with Crippen LogP contribution in [0.25, 0.3) is 0 Å². The van der Waals surface area contributed by atoms with Crippen molar-refractivity contribution in [1.29, 1.82) is 0 Å². The Morgan fingerprint density at radius 3 is 2.46 bits per heavy atom. The summed E-state index contributed by atoms with van der Waals surface area (Å²) < 4.78 is 0. The first-order valence-electron chi connectivity index (χ1n) is 9.12. The molecule has 0 aromatic heterocycles. The summed E-state index contributed by atoms with van der Waals surface area (Å²) in [4.78, 5) is 29.3. The van der Waals surface area contributed by atoms with Crippen molar-refractivity contribution in [3.8, 4) is 0 Å². The van der Waals surface area contributed by atoms with Crippen LogP contribution in [-0.4, -0.2) is 66.0 Å². The third kappa shape index (κ3) is 5.38. The molecule has 0 bridgehead atoms. The molecule has 0 spiro atoms. The van der Waals surface area contributed by atoms with Crippen molar-refractivity contribution in [2.45, 2.75) is 52.5 Å². The van der Waals surface area contributed by atoms with Crippen molar-refractivity contribution in [1.82, 2.24) is 15.1 Å². The lowest BCUT2D eigenvalue weighted by atomic mass is 9.91. The molecule has 0 aromatic rings. The molecular formula is C18H33N3O2S. The lowest BCUT2D eigenvalue weighted by Crippen LogP contribution is -2.51. The van der Waals surface area contributed by atoms with Crippen molar-refractivity contribution in [2.75, 3.05) is 38.3 Å². The van der Waals surface area contributed by atoms with Gasteiger partial charge in [0.25, 0.3) is 0 Å². The molecule has 1 atom stereocenters. The van der Waals surface area contributed by atoms with Gasteiger partial charge in [-0.15, -0.1) is 11.8 Å². The van der Waals surface area contributed by atoms with Crippen LogP contribution in [0.4, 0.5) is 0 Å². The first kappa shape index (κ1) is 19.6. The molecule has 2 rings (SSSR count). The maximum absolute atomic E-state index is 12.9. The molecule has 138 valence electrons. The van der Waals surface area contributed by atoms with E-state index in [9.17, 15) is 9.59 Å². The van der Waals surface area contributed by atoms with Gasteiger partial charge < -0.3 is 15.1 Å². The predicted octanol–water partition coefficient (Wildman–Crippen LogP) is 2.17. The summed E-state index contributed by atoms with van der Waals surface area (Å²) in [5.41, 5.74) is -0.0381. The molecule has 24 heavy (non-hydrogen) atoms. The Morgan fingerprint density at radius 1 is 1.21 bits per heavy atom. The summed E-state index contributed by atoms with van der Waals surface area (Å²) >= 11 is 1.70. The van der Waals surface area contributed by atoms with Crippen LogP contribution in [0.3, 0.4) is 0 Å². The fraction of sp³-hybridized carbons (Fsp3) is 0.889. The Morgan fingerprint density at radius 2 is 1.88 bits per heavy atom. The third-order valence-electron chi connectivity index (χ3n) is 4.90. The zero-order valence-corrected chi connectivity index (χ0v) is 16.5. The molecule has 1 N–H and O–H groups in total. The van der Waals surface area contributed by atoms with Gasteiger partial charge in [-0.3, -0.25) is 9.59 Å². The van der Waals surface area contributed by atoms with Crippen LogP contribution in [0.15, 0.2) is 0 Å². The number of amides is 2. The molecule has 0 radical (unpaired) electrons. The van der Waals surface area contributed by atoms with Gasteiger partial charge in [0, 0.05) is 25.3 Å². The molecule has 2 aliphatic heterocycles. The summed E-state index contributed by atoms with van der Waals surface area (Å²) in [7, 11) is 1.99. The number of carbonyl (C=O) groups is 2. The summed E-state index contributed by atoms with van der Waals surface area (Å²) in [5, 5.41) is 3.20. The summed E-state index contributed by atoms with van der Waals surface area (Å²) in [6.07, 6.45) is 3.86. The average molecular weight is 356 g/mol. The molecule has 0 saturated carbocycles. The van der Waals surface area contributed by atoms with E-state index in [1.54, 1.807) is 11.8 Å². The van der Waals surface area contributed by atoms with Crippen LogP contribution in [0.5, 0.6) is 0 Å². The Hall–Kier alpha value is -0.750. The fourth-order valence-electron chi connectivity index (χ4n) is 3.45. The quantitative estimate of drug-likeness (QED) is 0.821. The molecule has 5 nitrogen and oxygen atoms in total. The van der Waals surface area contributed by atoms with Gasteiger partial charge in [-0.05, 0) is 44.2 Å².